The number of carbonyl (C=O) groups is 1. The maximum Gasteiger partial charge on any atom is 0.268 e. The smallest absolute Gasteiger partial charge is 0.268 e. The fraction of sp³-hybridized carbons (Fsp3) is 0.318. The average molecular weight is 409 g/mol. The minimum absolute atomic E-state index is 0.0337. The van der Waals surface area contributed by atoms with Crippen molar-refractivity contribution in [1.82, 2.24) is 20.3 Å². The van der Waals surface area contributed by atoms with E-state index < -0.39 is 6.04 Å². The standard InChI is InChI=1S/C22H27N5O3/c1-13-5-4-6-16(7-13)19(12-29)26-21(30)18-8-17(10-23-18)20-14(2)9-24-22(27-20)25-15(3)11-28/h4-10,15,19,23,28-29H,11-12H2,1-3H3,(H,26,30)(H,24,25,27). The summed E-state index contributed by atoms with van der Waals surface area (Å²) >= 11 is 0. The molecule has 8 nitrogen and oxygen atoms in total. The number of aliphatic hydroxyl groups is 2. The summed E-state index contributed by atoms with van der Waals surface area (Å²) in [6.07, 6.45) is 3.41. The summed E-state index contributed by atoms with van der Waals surface area (Å²) < 4.78 is 0. The van der Waals surface area contributed by atoms with Gasteiger partial charge in [-0.1, -0.05) is 29.8 Å². The Balaban J connectivity index is 1.78. The molecule has 0 saturated carbocycles. The molecule has 0 spiro atoms. The molecule has 1 amide bonds. The van der Waals surface area contributed by atoms with E-state index in [1.807, 2.05) is 45.0 Å². The molecule has 0 aliphatic heterocycles. The van der Waals surface area contributed by atoms with Crippen molar-refractivity contribution in [2.45, 2.75) is 32.9 Å². The Kier molecular flexibility index (Phi) is 6.81. The highest BCUT2D eigenvalue weighted by Gasteiger charge is 2.18. The molecule has 2 aromatic heterocycles. The number of aryl methyl sites for hydroxylation is 2. The minimum Gasteiger partial charge on any atom is -0.394 e. The van der Waals surface area contributed by atoms with Gasteiger partial charge in [-0.15, -0.1) is 0 Å². The molecule has 30 heavy (non-hydrogen) atoms. The first-order chi connectivity index (χ1) is 14.4. The quantitative estimate of drug-likeness (QED) is 0.389. The van der Waals surface area contributed by atoms with Crippen LogP contribution in [0.5, 0.6) is 0 Å². The van der Waals surface area contributed by atoms with Crippen LogP contribution in [0.3, 0.4) is 0 Å². The Morgan fingerprint density at radius 2 is 2.00 bits per heavy atom. The second-order valence-electron chi connectivity index (χ2n) is 7.38. The van der Waals surface area contributed by atoms with Crippen molar-refractivity contribution in [2.75, 3.05) is 18.5 Å². The van der Waals surface area contributed by atoms with Gasteiger partial charge in [0.05, 0.1) is 24.9 Å². The number of amides is 1. The van der Waals surface area contributed by atoms with Crippen LogP contribution in [-0.2, 0) is 0 Å². The fourth-order valence-corrected chi connectivity index (χ4v) is 3.09. The van der Waals surface area contributed by atoms with Crippen LogP contribution in [0.15, 0.2) is 42.7 Å². The molecule has 0 fully saturated rings. The maximum atomic E-state index is 12.7. The largest absolute Gasteiger partial charge is 0.394 e. The number of H-pyrrole nitrogens is 1. The molecule has 0 aliphatic carbocycles. The summed E-state index contributed by atoms with van der Waals surface area (Å²) in [4.78, 5) is 24.5. The van der Waals surface area contributed by atoms with Crippen LogP contribution < -0.4 is 10.6 Å². The molecule has 0 radical (unpaired) electrons. The number of carbonyl (C=O) groups excluding carboxylic acids is 1. The lowest BCUT2D eigenvalue weighted by Crippen LogP contribution is -2.31. The van der Waals surface area contributed by atoms with Crippen LogP contribution in [0.1, 0.15) is 40.1 Å². The lowest BCUT2D eigenvalue weighted by Gasteiger charge is -2.16. The number of hydrogen-bond acceptors (Lipinski definition) is 6. The summed E-state index contributed by atoms with van der Waals surface area (Å²) in [5.41, 5.74) is 4.56. The normalized spacial score (nSPS) is 13.0. The Morgan fingerprint density at radius 3 is 2.70 bits per heavy atom. The summed E-state index contributed by atoms with van der Waals surface area (Å²) in [5, 5.41) is 24.8. The molecule has 2 atom stereocenters. The number of aliphatic hydroxyl groups excluding tert-OH is 2. The van der Waals surface area contributed by atoms with Crippen LogP contribution in [0.25, 0.3) is 11.3 Å². The molecule has 8 heteroatoms. The maximum absolute atomic E-state index is 12.7. The van der Waals surface area contributed by atoms with E-state index in [-0.39, 0.29) is 25.2 Å². The van der Waals surface area contributed by atoms with E-state index in [1.165, 1.54) is 0 Å². The van der Waals surface area contributed by atoms with Gasteiger partial charge in [0.2, 0.25) is 5.95 Å². The second kappa shape index (κ2) is 9.51. The molecule has 5 N–H and O–H groups in total. The van der Waals surface area contributed by atoms with Gasteiger partial charge in [-0.3, -0.25) is 4.79 Å². The van der Waals surface area contributed by atoms with E-state index in [4.69, 9.17) is 0 Å². The molecule has 0 aliphatic rings. The number of hydrogen-bond donors (Lipinski definition) is 5. The van der Waals surface area contributed by atoms with E-state index in [2.05, 4.69) is 25.6 Å². The van der Waals surface area contributed by atoms with Crippen molar-refractivity contribution in [3.05, 3.63) is 65.1 Å². The monoisotopic (exact) mass is 409 g/mol. The van der Waals surface area contributed by atoms with Crippen molar-refractivity contribution in [2.24, 2.45) is 0 Å². The van der Waals surface area contributed by atoms with Gasteiger partial charge >= 0.3 is 0 Å². The summed E-state index contributed by atoms with van der Waals surface area (Å²) in [5.74, 6) is 0.0879. The third-order valence-electron chi connectivity index (χ3n) is 4.75. The van der Waals surface area contributed by atoms with E-state index in [1.54, 1.807) is 18.5 Å². The number of aromatic amines is 1. The lowest BCUT2D eigenvalue weighted by atomic mass is 10.0. The van der Waals surface area contributed by atoms with Crippen LogP contribution in [-0.4, -0.2) is 50.3 Å². The Morgan fingerprint density at radius 1 is 1.20 bits per heavy atom. The SMILES string of the molecule is Cc1cccc(C(CO)NC(=O)c2cc(-c3nc(NC(C)CO)ncc3C)c[nH]2)c1. The van der Waals surface area contributed by atoms with Crippen molar-refractivity contribution in [3.63, 3.8) is 0 Å². The minimum atomic E-state index is -0.499. The molecular weight excluding hydrogens is 382 g/mol. The lowest BCUT2D eigenvalue weighted by molar-refractivity contribution is 0.0911. The van der Waals surface area contributed by atoms with Crippen LogP contribution in [0, 0.1) is 13.8 Å². The van der Waals surface area contributed by atoms with Crippen molar-refractivity contribution >= 4 is 11.9 Å². The summed E-state index contributed by atoms with van der Waals surface area (Å²) in [7, 11) is 0. The zero-order valence-electron chi connectivity index (χ0n) is 17.3. The molecule has 0 bridgehead atoms. The third-order valence-corrected chi connectivity index (χ3v) is 4.75. The van der Waals surface area contributed by atoms with Gasteiger partial charge in [-0.2, -0.15) is 0 Å². The summed E-state index contributed by atoms with van der Waals surface area (Å²) in [6, 6.07) is 8.72. The van der Waals surface area contributed by atoms with E-state index in [0.29, 0.717) is 17.3 Å². The van der Waals surface area contributed by atoms with Crippen LogP contribution in [0.2, 0.25) is 0 Å². The Labute approximate surface area is 175 Å². The van der Waals surface area contributed by atoms with Crippen molar-refractivity contribution < 1.29 is 15.0 Å². The topological polar surface area (TPSA) is 123 Å². The van der Waals surface area contributed by atoms with Gasteiger partial charge in [0.1, 0.15) is 5.69 Å². The molecule has 2 heterocycles. The Hall–Kier alpha value is -3.23. The molecule has 3 aromatic rings. The number of aromatic nitrogens is 3. The van der Waals surface area contributed by atoms with Gasteiger partial charge in [0.25, 0.3) is 5.91 Å². The number of nitrogens with zero attached hydrogens (tertiary/aromatic N) is 2. The molecule has 1 aromatic carbocycles. The molecule has 158 valence electrons. The van der Waals surface area contributed by atoms with Crippen LogP contribution in [0.4, 0.5) is 5.95 Å². The average Bonchev–Trinajstić information content (AvgIpc) is 3.23. The zero-order chi connectivity index (χ0) is 21.7. The van der Waals surface area contributed by atoms with Gasteiger partial charge < -0.3 is 25.8 Å². The highest BCUT2D eigenvalue weighted by Crippen LogP contribution is 2.23. The van der Waals surface area contributed by atoms with Gasteiger partial charge in [-0.05, 0) is 38.0 Å². The third kappa shape index (κ3) is 5.03. The van der Waals surface area contributed by atoms with Gasteiger partial charge in [-0.25, -0.2) is 9.97 Å². The van der Waals surface area contributed by atoms with E-state index in [9.17, 15) is 15.0 Å². The molecule has 2 unspecified atom stereocenters. The van der Waals surface area contributed by atoms with E-state index >= 15 is 0 Å². The summed E-state index contributed by atoms with van der Waals surface area (Å²) in [6.45, 7) is 5.44. The van der Waals surface area contributed by atoms with Gasteiger partial charge in [0.15, 0.2) is 0 Å². The molecular formula is C22H27N5O3. The predicted octanol–water partition coefficient (Wildman–Crippen LogP) is 2.34. The highest BCUT2D eigenvalue weighted by atomic mass is 16.3. The second-order valence-corrected chi connectivity index (χ2v) is 7.38. The number of nitrogens with one attached hydrogen (secondary N) is 3. The number of anilines is 1. The predicted molar refractivity (Wildman–Crippen MR) is 115 cm³/mol. The highest BCUT2D eigenvalue weighted by molar-refractivity contribution is 5.94. The van der Waals surface area contributed by atoms with E-state index in [0.717, 1.165) is 22.3 Å². The first kappa shape index (κ1) is 21.5. The van der Waals surface area contributed by atoms with Crippen molar-refractivity contribution in [3.8, 4) is 11.3 Å². The molecule has 3 rings (SSSR count). The fourth-order valence-electron chi connectivity index (χ4n) is 3.09. The first-order valence-corrected chi connectivity index (χ1v) is 9.79. The Bertz CT molecular complexity index is 1020. The van der Waals surface area contributed by atoms with Crippen molar-refractivity contribution in [1.29, 1.82) is 0 Å². The first-order valence-electron chi connectivity index (χ1n) is 9.79. The zero-order valence-corrected chi connectivity index (χ0v) is 17.3. The number of benzene rings is 1. The molecule has 0 saturated heterocycles. The van der Waals surface area contributed by atoms with Gasteiger partial charge in [0, 0.05) is 24.0 Å². The van der Waals surface area contributed by atoms with Crippen LogP contribution >= 0.6 is 0 Å². The number of rotatable bonds is 8.